The fourth-order valence-electron chi connectivity index (χ4n) is 4.59. The Bertz CT molecular complexity index is 1080. The van der Waals surface area contributed by atoms with E-state index in [0.29, 0.717) is 0 Å². The van der Waals surface area contributed by atoms with Gasteiger partial charge in [0.15, 0.2) is 5.78 Å². The van der Waals surface area contributed by atoms with Gasteiger partial charge in [-0.05, 0) is 60.4 Å². The molecule has 2 aromatic carbocycles. The maximum Gasteiger partial charge on any atom is 0.178 e. The molecule has 1 unspecified atom stereocenters. The molecule has 168 valence electrons. The molecule has 4 rings (SSSR count). The summed E-state index contributed by atoms with van der Waals surface area (Å²) in [6.07, 6.45) is 19.7. The minimum Gasteiger partial charge on any atom is -0.290 e. The normalized spacial score (nSPS) is 17.8. The zero-order chi connectivity index (χ0) is 22.9. The predicted molar refractivity (Wildman–Crippen MR) is 138 cm³/mol. The molecule has 0 amide bonds. The average molecular weight is 437 g/mol. The fourth-order valence-corrected chi connectivity index (χ4v) is 4.59. The summed E-state index contributed by atoms with van der Waals surface area (Å²) >= 11 is 0. The number of nitrogens with one attached hydrogen (secondary N) is 1. The van der Waals surface area contributed by atoms with Gasteiger partial charge in [0.25, 0.3) is 0 Å². The number of carbonyl (C=O) groups excluding carboxylic acids is 1. The Labute approximate surface area is 198 Å². The van der Waals surface area contributed by atoms with Gasteiger partial charge in [0, 0.05) is 23.3 Å². The zero-order valence-corrected chi connectivity index (χ0v) is 19.6. The van der Waals surface area contributed by atoms with Gasteiger partial charge in [0.1, 0.15) is 11.4 Å². The molecule has 1 aliphatic heterocycles. The number of ketones is 1. The summed E-state index contributed by atoms with van der Waals surface area (Å²) in [6.45, 7) is 3.31. The lowest BCUT2D eigenvalue weighted by atomic mass is 9.93. The van der Waals surface area contributed by atoms with Crippen LogP contribution in [0, 0.1) is 0 Å². The second-order valence-corrected chi connectivity index (χ2v) is 8.82. The van der Waals surface area contributed by atoms with Crippen molar-refractivity contribution in [2.75, 3.05) is 6.54 Å². The number of allylic oxidation sites excluding steroid dienone is 8. The van der Waals surface area contributed by atoms with Gasteiger partial charge >= 0.3 is 0 Å². The van der Waals surface area contributed by atoms with E-state index < -0.39 is 0 Å². The first-order chi connectivity index (χ1) is 16.3. The van der Waals surface area contributed by atoms with E-state index in [2.05, 4.69) is 79.7 Å². The molecule has 2 aromatic rings. The van der Waals surface area contributed by atoms with Crippen LogP contribution in [0.5, 0.6) is 0 Å². The Morgan fingerprint density at radius 3 is 1.94 bits per heavy atom. The third kappa shape index (κ3) is 5.97. The Kier molecular flexibility index (Phi) is 8.05. The second-order valence-electron chi connectivity index (χ2n) is 8.82. The van der Waals surface area contributed by atoms with Crippen molar-refractivity contribution in [3.63, 3.8) is 0 Å². The average Bonchev–Trinajstić information content (AvgIpc) is 2.87. The molecule has 0 bridgehead atoms. The first-order valence-electron chi connectivity index (χ1n) is 12.3. The molecule has 0 radical (unpaired) electrons. The van der Waals surface area contributed by atoms with E-state index in [-0.39, 0.29) is 5.78 Å². The lowest BCUT2D eigenvalue weighted by Gasteiger charge is -2.28. The topological polar surface area (TPSA) is 21.5 Å². The second kappa shape index (κ2) is 11.6. The first kappa shape index (κ1) is 22.9. The van der Waals surface area contributed by atoms with Gasteiger partial charge in [-0.1, -0.05) is 81.1 Å². The molecular formula is C31H34NO+. The van der Waals surface area contributed by atoms with Gasteiger partial charge in [0.05, 0.1) is 6.54 Å². The maximum absolute atomic E-state index is 11.8. The number of quaternary nitrogens is 1. The molecule has 33 heavy (non-hydrogen) atoms. The third-order valence-corrected chi connectivity index (χ3v) is 6.39. The summed E-state index contributed by atoms with van der Waals surface area (Å²) in [5, 5.41) is 0. The van der Waals surface area contributed by atoms with E-state index >= 15 is 0 Å². The summed E-state index contributed by atoms with van der Waals surface area (Å²) in [4.78, 5) is 13.2. The van der Waals surface area contributed by atoms with Crippen LogP contribution < -0.4 is 4.90 Å². The Morgan fingerprint density at radius 1 is 0.667 bits per heavy atom. The highest BCUT2D eigenvalue weighted by Gasteiger charge is 2.28. The minimum absolute atomic E-state index is 0.0544. The van der Waals surface area contributed by atoms with Crippen LogP contribution in [0.2, 0.25) is 0 Å². The SMILES string of the molecule is CCCCCCCC[NH+]1C(c2ccccc2)=CC(c2ccccc2)=CC1=C1C=CC(=O)C=C1. The van der Waals surface area contributed by atoms with Crippen LogP contribution in [0.4, 0.5) is 0 Å². The quantitative estimate of drug-likeness (QED) is 0.457. The van der Waals surface area contributed by atoms with Crippen LogP contribution in [-0.2, 0) is 4.79 Å². The van der Waals surface area contributed by atoms with Crippen LogP contribution in [-0.4, -0.2) is 12.3 Å². The lowest BCUT2D eigenvalue weighted by molar-refractivity contribution is -0.780. The van der Waals surface area contributed by atoms with Crippen LogP contribution in [0.25, 0.3) is 11.3 Å². The molecule has 1 aliphatic carbocycles. The molecule has 2 nitrogen and oxygen atoms in total. The molecule has 0 fully saturated rings. The smallest absolute Gasteiger partial charge is 0.178 e. The van der Waals surface area contributed by atoms with Crippen molar-refractivity contribution in [2.45, 2.75) is 45.4 Å². The van der Waals surface area contributed by atoms with E-state index in [4.69, 9.17) is 0 Å². The molecule has 0 saturated carbocycles. The van der Waals surface area contributed by atoms with Crippen LogP contribution in [0.3, 0.4) is 0 Å². The molecule has 0 saturated heterocycles. The van der Waals surface area contributed by atoms with E-state index in [9.17, 15) is 4.79 Å². The maximum atomic E-state index is 11.8. The molecule has 1 atom stereocenters. The van der Waals surface area contributed by atoms with Gasteiger partial charge in [-0.25, -0.2) is 0 Å². The van der Waals surface area contributed by atoms with Gasteiger partial charge in [-0.15, -0.1) is 0 Å². The van der Waals surface area contributed by atoms with Crippen molar-refractivity contribution in [1.29, 1.82) is 0 Å². The molecule has 1 heterocycles. The lowest BCUT2D eigenvalue weighted by Crippen LogP contribution is -3.08. The first-order valence-corrected chi connectivity index (χ1v) is 12.3. The Morgan fingerprint density at radius 2 is 1.27 bits per heavy atom. The van der Waals surface area contributed by atoms with Crippen molar-refractivity contribution in [3.8, 4) is 0 Å². The van der Waals surface area contributed by atoms with E-state index in [1.165, 1.54) is 71.5 Å². The summed E-state index contributed by atoms with van der Waals surface area (Å²) in [7, 11) is 0. The van der Waals surface area contributed by atoms with E-state index in [0.717, 1.165) is 12.1 Å². The van der Waals surface area contributed by atoms with Crippen molar-refractivity contribution in [3.05, 3.63) is 120 Å². The highest BCUT2D eigenvalue weighted by Crippen LogP contribution is 2.27. The number of hydrogen-bond donors (Lipinski definition) is 1. The number of rotatable bonds is 9. The Hall–Kier alpha value is -3.23. The van der Waals surface area contributed by atoms with Crippen molar-refractivity contribution in [2.24, 2.45) is 0 Å². The minimum atomic E-state index is 0.0544. The monoisotopic (exact) mass is 436 g/mol. The summed E-state index contributed by atoms with van der Waals surface area (Å²) in [6, 6.07) is 21.3. The van der Waals surface area contributed by atoms with E-state index in [1.807, 2.05) is 12.2 Å². The number of carbonyl (C=O) groups is 1. The largest absolute Gasteiger partial charge is 0.290 e. The standard InChI is InChI=1S/C31H33NO/c1-2-3-4-5-6-13-22-32-30(26-16-11-8-12-17-26)23-28(25-14-9-7-10-15-25)24-31(32)27-18-20-29(33)21-19-27/h7-12,14-21,23-24H,2-6,13,22H2,1H3/p+1. The molecule has 2 aliphatic rings. The Balaban J connectivity index is 1.73. The number of unbranched alkanes of at least 4 members (excludes halogenated alkanes) is 5. The molecule has 1 N–H and O–H groups in total. The summed E-state index contributed by atoms with van der Waals surface area (Å²) < 4.78 is 0. The van der Waals surface area contributed by atoms with Crippen molar-refractivity contribution >= 4 is 17.1 Å². The summed E-state index contributed by atoms with van der Waals surface area (Å²) in [5.41, 5.74) is 7.32. The van der Waals surface area contributed by atoms with Crippen LogP contribution >= 0.6 is 0 Å². The number of hydrogen-bond acceptors (Lipinski definition) is 1. The number of benzene rings is 2. The van der Waals surface area contributed by atoms with Crippen molar-refractivity contribution in [1.82, 2.24) is 0 Å². The van der Waals surface area contributed by atoms with Gasteiger partial charge in [0.2, 0.25) is 0 Å². The van der Waals surface area contributed by atoms with Crippen LogP contribution in [0.1, 0.15) is 56.6 Å². The fraction of sp³-hybridized carbons (Fsp3) is 0.258. The predicted octanol–water partition coefficient (Wildman–Crippen LogP) is 6.32. The zero-order valence-electron chi connectivity index (χ0n) is 19.6. The van der Waals surface area contributed by atoms with Gasteiger partial charge in [-0.2, -0.15) is 0 Å². The van der Waals surface area contributed by atoms with Crippen LogP contribution in [0.15, 0.2) is 108 Å². The van der Waals surface area contributed by atoms with Gasteiger partial charge < -0.3 is 0 Å². The summed E-state index contributed by atoms with van der Waals surface area (Å²) in [5.74, 6) is 0.0544. The molecule has 0 spiro atoms. The molecule has 2 heteroatoms. The van der Waals surface area contributed by atoms with Crippen molar-refractivity contribution < 1.29 is 9.69 Å². The molecule has 0 aromatic heterocycles. The third-order valence-electron chi connectivity index (χ3n) is 6.39. The highest BCUT2D eigenvalue weighted by molar-refractivity contribution is 6.01. The van der Waals surface area contributed by atoms with E-state index in [1.54, 1.807) is 12.2 Å². The van der Waals surface area contributed by atoms with Gasteiger partial charge in [-0.3, -0.25) is 9.69 Å². The highest BCUT2D eigenvalue weighted by atomic mass is 16.1. The molecular weight excluding hydrogens is 402 g/mol.